The summed E-state index contributed by atoms with van der Waals surface area (Å²) in [5.41, 5.74) is 6.18. The number of rotatable bonds is 25. The first-order valence-electron chi connectivity index (χ1n) is 23.2. The zero-order valence-electron chi connectivity index (χ0n) is 38.0. The molecule has 67 heavy (non-hydrogen) atoms. The van der Waals surface area contributed by atoms with Gasteiger partial charge in [0.05, 0.1) is 65.6 Å². The minimum absolute atomic E-state index is 0.0766. The van der Waals surface area contributed by atoms with Gasteiger partial charge in [-0.2, -0.15) is 0 Å². The minimum atomic E-state index is -0.850. The molecular formula is C57H62O10. The molecule has 0 aliphatic carbocycles. The van der Waals surface area contributed by atoms with Crippen LogP contribution in [0.2, 0.25) is 0 Å². The lowest BCUT2D eigenvalue weighted by atomic mass is 9.97. The molecule has 0 bridgehead atoms. The van der Waals surface area contributed by atoms with E-state index in [1.54, 1.807) is 6.08 Å². The van der Waals surface area contributed by atoms with Gasteiger partial charge in [0.25, 0.3) is 0 Å². The largest absolute Gasteiger partial charge is 0.374 e. The average molecular weight is 907 g/mol. The predicted molar refractivity (Wildman–Crippen MR) is 255 cm³/mol. The van der Waals surface area contributed by atoms with Gasteiger partial charge in [-0.05, 0) is 33.4 Å². The summed E-state index contributed by atoms with van der Waals surface area (Å²) in [5, 5.41) is 0. The van der Waals surface area contributed by atoms with E-state index in [0.717, 1.165) is 33.4 Å². The Morgan fingerprint density at radius 3 is 1.24 bits per heavy atom. The van der Waals surface area contributed by atoms with Crippen molar-refractivity contribution in [2.75, 3.05) is 19.8 Å². The van der Waals surface area contributed by atoms with Crippen molar-refractivity contribution in [3.8, 4) is 0 Å². The Labute approximate surface area is 395 Å². The molecule has 2 heterocycles. The highest BCUT2D eigenvalue weighted by Gasteiger charge is 2.50. The molecule has 0 spiro atoms. The van der Waals surface area contributed by atoms with Gasteiger partial charge in [-0.1, -0.05) is 188 Å². The Morgan fingerprint density at radius 1 is 0.388 bits per heavy atom. The van der Waals surface area contributed by atoms with Gasteiger partial charge >= 0.3 is 0 Å². The maximum atomic E-state index is 6.89. The van der Waals surface area contributed by atoms with Crippen LogP contribution in [0.15, 0.2) is 195 Å². The summed E-state index contributed by atoms with van der Waals surface area (Å²) in [6.45, 7) is 6.57. The van der Waals surface area contributed by atoms with Crippen molar-refractivity contribution in [3.63, 3.8) is 0 Å². The normalized spacial score (nSPS) is 24.0. The van der Waals surface area contributed by atoms with Crippen molar-refractivity contribution in [1.82, 2.24) is 0 Å². The second kappa shape index (κ2) is 26.3. The zero-order valence-corrected chi connectivity index (χ0v) is 38.0. The molecule has 0 aromatic heterocycles. The van der Waals surface area contributed by atoms with Crippen LogP contribution < -0.4 is 0 Å². The second-order valence-corrected chi connectivity index (χ2v) is 16.7. The highest BCUT2D eigenvalue weighted by molar-refractivity contribution is 5.18. The first kappa shape index (κ1) is 48.1. The molecule has 2 aliphatic heterocycles. The number of ether oxygens (including phenoxy) is 10. The summed E-state index contributed by atoms with van der Waals surface area (Å²) in [6.07, 6.45) is -3.57. The quantitative estimate of drug-likeness (QED) is 0.0517. The van der Waals surface area contributed by atoms with Gasteiger partial charge in [-0.3, -0.25) is 0 Å². The van der Waals surface area contributed by atoms with Crippen LogP contribution in [0.25, 0.3) is 0 Å². The van der Waals surface area contributed by atoms with E-state index in [0.29, 0.717) is 46.1 Å². The van der Waals surface area contributed by atoms with Crippen molar-refractivity contribution in [2.24, 2.45) is 0 Å². The first-order valence-corrected chi connectivity index (χ1v) is 23.2. The van der Waals surface area contributed by atoms with Crippen LogP contribution in [0.4, 0.5) is 0 Å². The second-order valence-electron chi connectivity index (χ2n) is 16.7. The van der Waals surface area contributed by atoms with Gasteiger partial charge < -0.3 is 47.4 Å². The fourth-order valence-electron chi connectivity index (χ4n) is 8.30. The Morgan fingerprint density at radius 2 is 0.776 bits per heavy atom. The lowest BCUT2D eigenvalue weighted by molar-refractivity contribution is -0.337. The van der Waals surface area contributed by atoms with E-state index in [-0.39, 0.29) is 19.8 Å². The standard InChI is InChI=1S/C57H62O10/c1-2-33-59-57-56(65-40-48-31-19-8-20-32-48)55(64-39-47-29-17-7-18-30-47)54(63-38-46-27-15-6-16-28-46)51(67-57)42-61-52-34-49(60-36-44-23-11-4-12-24-44)53(62-37-45-25-13-5-14-26-45)50(66-52)41-58-35-43-21-9-3-10-22-43/h2-32,49-57H,1,33-42H2/t49-,50-,51-,52-,53+,54-,55+,56+,57+/m1/s1. The van der Waals surface area contributed by atoms with E-state index in [1.807, 2.05) is 158 Å². The molecule has 10 nitrogen and oxygen atoms in total. The summed E-state index contributed by atoms with van der Waals surface area (Å²) in [7, 11) is 0. The summed E-state index contributed by atoms with van der Waals surface area (Å²) >= 11 is 0. The molecule has 0 radical (unpaired) electrons. The van der Waals surface area contributed by atoms with Gasteiger partial charge in [0.15, 0.2) is 12.6 Å². The third-order valence-corrected chi connectivity index (χ3v) is 11.7. The first-order chi connectivity index (χ1) is 33.2. The molecule has 6 aromatic carbocycles. The molecule has 2 aliphatic rings. The smallest absolute Gasteiger partial charge is 0.187 e. The predicted octanol–water partition coefficient (Wildman–Crippen LogP) is 10.2. The van der Waals surface area contributed by atoms with Gasteiger partial charge in [0.2, 0.25) is 0 Å². The maximum absolute atomic E-state index is 6.89. The fraction of sp³-hybridized carbons (Fsp3) is 0.333. The van der Waals surface area contributed by atoms with Crippen molar-refractivity contribution < 1.29 is 47.4 Å². The third kappa shape index (κ3) is 14.8. The van der Waals surface area contributed by atoms with Gasteiger partial charge in [0, 0.05) is 6.42 Å². The van der Waals surface area contributed by atoms with Crippen molar-refractivity contribution in [3.05, 3.63) is 228 Å². The fourth-order valence-corrected chi connectivity index (χ4v) is 8.30. The molecule has 0 saturated carbocycles. The van der Waals surface area contributed by atoms with Crippen LogP contribution in [-0.2, 0) is 87.0 Å². The molecule has 6 aromatic rings. The summed E-state index contributed by atoms with van der Waals surface area (Å²) in [4.78, 5) is 0. The topological polar surface area (TPSA) is 92.3 Å². The molecule has 0 N–H and O–H groups in total. The molecule has 2 fully saturated rings. The van der Waals surface area contributed by atoms with Crippen LogP contribution in [0.3, 0.4) is 0 Å². The highest BCUT2D eigenvalue weighted by atomic mass is 16.7. The van der Waals surface area contributed by atoms with Crippen LogP contribution in [-0.4, -0.2) is 75.1 Å². The summed E-state index contributed by atoms with van der Waals surface area (Å²) in [6, 6.07) is 60.5. The van der Waals surface area contributed by atoms with Crippen molar-refractivity contribution >= 4 is 0 Å². The molecule has 0 unspecified atom stereocenters. The Balaban J connectivity index is 1.06. The monoisotopic (exact) mass is 906 g/mol. The molecule has 9 atom stereocenters. The van der Waals surface area contributed by atoms with Gasteiger partial charge in [-0.25, -0.2) is 0 Å². The number of hydrogen-bond acceptors (Lipinski definition) is 10. The number of hydrogen-bond donors (Lipinski definition) is 0. The SMILES string of the molecule is C=CCO[C@H]1O[C@H](CO[C@H]2C[C@@H](OCc3ccccc3)[C@H](OCc3ccccc3)[C@@H](COCc3ccccc3)O2)[C@@H](OCc2ccccc2)[C@H](OCc2ccccc2)[C@@H]1OCc1ccccc1. The number of benzene rings is 6. The highest BCUT2D eigenvalue weighted by Crippen LogP contribution is 2.34. The molecule has 350 valence electrons. The van der Waals surface area contributed by atoms with E-state index >= 15 is 0 Å². The summed E-state index contributed by atoms with van der Waals surface area (Å²) < 4.78 is 67.3. The zero-order chi connectivity index (χ0) is 45.7. The van der Waals surface area contributed by atoms with E-state index in [2.05, 4.69) is 30.8 Å². The molecule has 0 amide bonds. The Hall–Kier alpha value is -5.34. The molecule has 8 rings (SSSR count). The summed E-state index contributed by atoms with van der Waals surface area (Å²) in [5.74, 6) is 0. The third-order valence-electron chi connectivity index (χ3n) is 11.7. The van der Waals surface area contributed by atoms with Crippen LogP contribution in [0.5, 0.6) is 0 Å². The van der Waals surface area contributed by atoms with Crippen LogP contribution >= 0.6 is 0 Å². The van der Waals surface area contributed by atoms with Crippen molar-refractivity contribution in [2.45, 2.75) is 101 Å². The lowest BCUT2D eigenvalue weighted by Gasteiger charge is -2.46. The Bertz CT molecular complexity index is 2250. The molecule has 2 saturated heterocycles. The average Bonchev–Trinajstić information content (AvgIpc) is 3.39. The van der Waals surface area contributed by atoms with Gasteiger partial charge in [-0.15, -0.1) is 6.58 Å². The Kier molecular flexibility index (Phi) is 18.9. The molecule has 10 heteroatoms. The van der Waals surface area contributed by atoms with E-state index in [4.69, 9.17) is 47.4 Å². The van der Waals surface area contributed by atoms with E-state index < -0.39 is 55.3 Å². The van der Waals surface area contributed by atoms with Crippen LogP contribution in [0.1, 0.15) is 39.8 Å². The van der Waals surface area contributed by atoms with E-state index in [9.17, 15) is 0 Å². The molecular weight excluding hydrogens is 845 g/mol. The van der Waals surface area contributed by atoms with Crippen LogP contribution in [0, 0.1) is 0 Å². The lowest BCUT2D eigenvalue weighted by Crippen LogP contribution is -2.62. The van der Waals surface area contributed by atoms with Gasteiger partial charge in [0.1, 0.15) is 36.6 Å². The van der Waals surface area contributed by atoms with E-state index in [1.165, 1.54) is 0 Å². The maximum Gasteiger partial charge on any atom is 0.187 e. The van der Waals surface area contributed by atoms with Crippen molar-refractivity contribution in [1.29, 1.82) is 0 Å². The minimum Gasteiger partial charge on any atom is -0.374 e.